The summed E-state index contributed by atoms with van der Waals surface area (Å²) in [5, 5.41) is 2.36. The summed E-state index contributed by atoms with van der Waals surface area (Å²) in [6.07, 6.45) is 0. The fourth-order valence-electron chi connectivity index (χ4n) is 2.45. The van der Waals surface area contributed by atoms with Gasteiger partial charge < -0.3 is 5.32 Å². The van der Waals surface area contributed by atoms with Crippen molar-refractivity contribution in [3.63, 3.8) is 0 Å². The Bertz CT molecular complexity index is 916. The van der Waals surface area contributed by atoms with E-state index in [1.165, 1.54) is 11.0 Å². The summed E-state index contributed by atoms with van der Waals surface area (Å²) >= 11 is 1.13. The number of carbonyl (C=O) groups is 2. The number of hydrogen-bond donors (Lipinski definition) is 1. The minimum atomic E-state index is -1.04. The van der Waals surface area contributed by atoms with Crippen LogP contribution in [0.1, 0.15) is 12.5 Å². The van der Waals surface area contributed by atoms with E-state index in [9.17, 15) is 18.4 Å². The van der Waals surface area contributed by atoms with E-state index < -0.39 is 22.8 Å². The second-order valence-corrected chi connectivity index (χ2v) is 7.35. The second-order valence-electron chi connectivity index (χ2n) is 6.04. The Labute approximate surface area is 159 Å². The molecule has 1 heterocycles. The van der Waals surface area contributed by atoms with Gasteiger partial charge >= 0.3 is 0 Å². The molecule has 1 atom stereocenters. The number of halogens is 2. The SMILES string of the molecule is Cc1ccc(N2C(=O)CN=C2S[C@@H](C)C(=O)Nc2ccc(F)c(F)c2)cc1. The van der Waals surface area contributed by atoms with Crippen molar-refractivity contribution in [1.82, 2.24) is 0 Å². The number of amides is 2. The third-order valence-corrected chi connectivity index (χ3v) is 5.01. The van der Waals surface area contributed by atoms with Gasteiger partial charge in [-0.15, -0.1) is 0 Å². The van der Waals surface area contributed by atoms with Gasteiger partial charge in [-0.3, -0.25) is 19.5 Å². The van der Waals surface area contributed by atoms with Gasteiger partial charge in [0.2, 0.25) is 5.91 Å². The zero-order valence-corrected chi connectivity index (χ0v) is 15.5. The number of aliphatic imine (C=N–C) groups is 1. The standard InChI is InChI=1S/C19H17F2N3O2S/c1-11-3-6-14(7-4-11)24-17(25)10-22-19(24)27-12(2)18(26)23-13-5-8-15(20)16(21)9-13/h3-9,12H,10H2,1-2H3,(H,23,26)/t12-/m0/s1. The van der Waals surface area contributed by atoms with Crippen LogP contribution in [0.2, 0.25) is 0 Å². The van der Waals surface area contributed by atoms with Crippen molar-refractivity contribution in [3.05, 3.63) is 59.7 Å². The van der Waals surface area contributed by atoms with Crippen LogP contribution in [0, 0.1) is 18.6 Å². The number of benzene rings is 2. The summed E-state index contributed by atoms with van der Waals surface area (Å²) in [5.41, 5.74) is 1.91. The molecule has 1 aliphatic rings. The zero-order chi connectivity index (χ0) is 19.6. The largest absolute Gasteiger partial charge is 0.325 e. The fourth-order valence-corrected chi connectivity index (χ4v) is 3.38. The first kappa shape index (κ1) is 19.0. The van der Waals surface area contributed by atoms with E-state index in [4.69, 9.17) is 0 Å². The second kappa shape index (κ2) is 7.87. The predicted octanol–water partition coefficient (Wildman–Crippen LogP) is 3.74. The Kier molecular flexibility index (Phi) is 5.55. The summed E-state index contributed by atoms with van der Waals surface area (Å²) in [6, 6.07) is 10.6. The van der Waals surface area contributed by atoms with E-state index in [1.807, 2.05) is 31.2 Å². The van der Waals surface area contributed by atoms with E-state index in [0.717, 1.165) is 29.5 Å². The fraction of sp³-hybridized carbons (Fsp3) is 0.211. The Morgan fingerprint density at radius 2 is 1.89 bits per heavy atom. The molecule has 0 bridgehead atoms. The highest BCUT2D eigenvalue weighted by Gasteiger charge is 2.30. The molecule has 2 amide bonds. The zero-order valence-electron chi connectivity index (χ0n) is 14.7. The van der Waals surface area contributed by atoms with Crippen molar-refractivity contribution in [2.75, 3.05) is 16.8 Å². The maximum atomic E-state index is 13.3. The molecular weight excluding hydrogens is 372 g/mol. The van der Waals surface area contributed by atoms with Crippen LogP contribution in [0.15, 0.2) is 47.5 Å². The number of aryl methyl sites for hydroxylation is 1. The maximum Gasteiger partial charge on any atom is 0.254 e. The third-order valence-electron chi connectivity index (χ3n) is 3.92. The molecule has 2 aromatic carbocycles. The molecule has 140 valence electrons. The Balaban J connectivity index is 1.69. The number of amidine groups is 1. The first-order valence-corrected chi connectivity index (χ1v) is 9.10. The minimum absolute atomic E-state index is 0.0215. The highest BCUT2D eigenvalue weighted by Crippen LogP contribution is 2.27. The molecule has 2 aromatic rings. The van der Waals surface area contributed by atoms with Crippen LogP contribution < -0.4 is 10.2 Å². The van der Waals surface area contributed by atoms with Crippen molar-refractivity contribution in [2.45, 2.75) is 19.1 Å². The van der Waals surface area contributed by atoms with E-state index in [-0.39, 0.29) is 18.1 Å². The smallest absolute Gasteiger partial charge is 0.254 e. The number of anilines is 2. The van der Waals surface area contributed by atoms with Crippen LogP contribution in [0.3, 0.4) is 0 Å². The van der Waals surface area contributed by atoms with Crippen molar-refractivity contribution in [3.8, 4) is 0 Å². The lowest BCUT2D eigenvalue weighted by molar-refractivity contribution is -0.116. The number of nitrogens with zero attached hydrogens (tertiary/aromatic N) is 2. The van der Waals surface area contributed by atoms with Gasteiger partial charge in [0, 0.05) is 11.8 Å². The van der Waals surface area contributed by atoms with Crippen molar-refractivity contribution in [2.24, 2.45) is 4.99 Å². The minimum Gasteiger partial charge on any atom is -0.325 e. The van der Waals surface area contributed by atoms with Gasteiger partial charge in [0.25, 0.3) is 5.91 Å². The summed E-state index contributed by atoms with van der Waals surface area (Å²) in [4.78, 5) is 30.3. The van der Waals surface area contributed by atoms with Gasteiger partial charge in [0.1, 0.15) is 6.54 Å². The summed E-state index contributed by atoms with van der Waals surface area (Å²) in [5.74, 6) is -2.60. The molecule has 0 radical (unpaired) electrons. The first-order valence-electron chi connectivity index (χ1n) is 8.22. The first-order chi connectivity index (χ1) is 12.8. The lowest BCUT2D eigenvalue weighted by Gasteiger charge is -2.20. The molecule has 27 heavy (non-hydrogen) atoms. The quantitative estimate of drug-likeness (QED) is 0.867. The number of hydrogen-bond acceptors (Lipinski definition) is 4. The molecule has 0 unspecified atom stereocenters. The van der Waals surface area contributed by atoms with Crippen LogP contribution in [-0.4, -0.2) is 28.8 Å². The van der Waals surface area contributed by atoms with Crippen molar-refractivity contribution >= 4 is 40.1 Å². The molecule has 8 heteroatoms. The molecule has 0 aromatic heterocycles. The molecule has 1 aliphatic heterocycles. The molecule has 1 N–H and O–H groups in total. The predicted molar refractivity (Wildman–Crippen MR) is 103 cm³/mol. The van der Waals surface area contributed by atoms with Gasteiger partial charge in [-0.1, -0.05) is 29.5 Å². The molecule has 0 spiro atoms. The number of rotatable bonds is 4. The van der Waals surface area contributed by atoms with E-state index in [1.54, 1.807) is 6.92 Å². The van der Waals surface area contributed by atoms with Gasteiger partial charge in [0.05, 0.1) is 10.9 Å². The normalized spacial score (nSPS) is 14.9. The van der Waals surface area contributed by atoms with Crippen molar-refractivity contribution < 1.29 is 18.4 Å². The number of carbonyl (C=O) groups excluding carboxylic acids is 2. The average molecular weight is 389 g/mol. The van der Waals surface area contributed by atoms with Gasteiger partial charge in [0.15, 0.2) is 16.8 Å². The van der Waals surface area contributed by atoms with Crippen LogP contribution in [0.25, 0.3) is 0 Å². The summed E-state index contributed by atoms with van der Waals surface area (Å²) in [6.45, 7) is 3.62. The monoisotopic (exact) mass is 389 g/mol. The molecule has 3 rings (SSSR count). The number of thioether (sulfide) groups is 1. The van der Waals surface area contributed by atoms with E-state index in [0.29, 0.717) is 10.9 Å². The molecule has 5 nitrogen and oxygen atoms in total. The molecule has 0 saturated carbocycles. The molecule has 0 saturated heterocycles. The van der Waals surface area contributed by atoms with Gasteiger partial charge in [-0.2, -0.15) is 0 Å². The topological polar surface area (TPSA) is 61.8 Å². The van der Waals surface area contributed by atoms with Gasteiger partial charge in [-0.05, 0) is 38.1 Å². The van der Waals surface area contributed by atoms with E-state index >= 15 is 0 Å². The Hall–Kier alpha value is -2.74. The Morgan fingerprint density at radius 3 is 2.56 bits per heavy atom. The molecular formula is C19H17F2N3O2S. The summed E-state index contributed by atoms with van der Waals surface area (Å²) in [7, 11) is 0. The lowest BCUT2D eigenvalue weighted by Crippen LogP contribution is -2.33. The maximum absolute atomic E-state index is 13.3. The van der Waals surface area contributed by atoms with Crippen molar-refractivity contribution in [1.29, 1.82) is 0 Å². The summed E-state index contributed by atoms with van der Waals surface area (Å²) < 4.78 is 26.3. The van der Waals surface area contributed by atoms with Gasteiger partial charge in [-0.25, -0.2) is 8.78 Å². The van der Waals surface area contributed by atoms with Crippen LogP contribution >= 0.6 is 11.8 Å². The lowest BCUT2D eigenvalue weighted by atomic mass is 10.2. The Morgan fingerprint density at radius 1 is 1.19 bits per heavy atom. The highest BCUT2D eigenvalue weighted by atomic mass is 32.2. The third kappa shape index (κ3) is 4.33. The molecule has 0 aliphatic carbocycles. The van der Waals surface area contributed by atoms with Crippen LogP contribution in [0.5, 0.6) is 0 Å². The molecule has 0 fully saturated rings. The number of nitrogens with one attached hydrogen (secondary N) is 1. The average Bonchev–Trinajstić information content (AvgIpc) is 2.99. The van der Waals surface area contributed by atoms with Crippen LogP contribution in [0.4, 0.5) is 20.2 Å². The van der Waals surface area contributed by atoms with Crippen LogP contribution in [-0.2, 0) is 9.59 Å². The van der Waals surface area contributed by atoms with E-state index in [2.05, 4.69) is 10.3 Å². The highest BCUT2D eigenvalue weighted by molar-refractivity contribution is 8.15.